The summed E-state index contributed by atoms with van der Waals surface area (Å²) in [5.74, 6) is 0.0453. The Bertz CT molecular complexity index is 738. The maximum atomic E-state index is 12.9. The molecule has 0 radical (unpaired) electrons. The number of halogens is 1. The Morgan fingerprint density at radius 2 is 2.08 bits per heavy atom. The van der Waals surface area contributed by atoms with Crippen molar-refractivity contribution in [2.45, 2.75) is 30.7 Å². The zero-order valence-electron chi connectivity index (χ0n) is 13.7. The van der Waals surface area contributed by atoms with Gasteiger partial charge in [-0.05, 0) is 37.5 Å². The molecule has 6 nitrogen and oxygen atoms in total. The fraction of sp³-hybridized carbons (Fsp3) is 0.562. The third-order valence-electron chi connectivity index (χ3n) is 4.71. The monoisotopic (exact) mass is 371 g/mol. The van der Waals surface area contributed by atoms with Gasteiger partial charge in [0.25, 0.3) is 0 Å². The second kappa shape index (κ2) is 7.00. The molecule has 0 spiro atoms. The Morgan fingerprint density at radius 3 is 2.79 bits per heavy atom. The van der Waals surface area contributed by atoms with E-state index in [1.807, 2.05) is 11.8 Å². The van der Waals surface area contributed by atoms with Crippen LogP contribution in [0.2, 0.25) is 5.02 Å². The maximum absolute atomic E-state index is 12.9. The van der Waals surface area contributed by atoms with Gasteiger partial charge in [-0.2, -0.15) is 4.31 Å². The van der Waals surface area contributed by atoms with Gasteiger partial charge in [-0.15, -0.1) is 0 Å². The summed E-state index contributed by atoms with van der Waals surface area (Å²) >= 11 is 6.09. The molecule has 0 saturated carbocycles. The number of carbonyl (C=O) groups is 1. The van der Waals surface area contributed by atoms with Gasteiger partial charge in [-0.3, -0.25) is 4.79 Å². The van der Waals surface area contributed by atoms with Crippen molar-refractivity contribution in [3.8, 4) is 0 Å². The van der Waals surface area contributed by atoms with E-state index in [0.717, 1.165) is 24.9 Å². The molecule has 2 aliphatic heterocycles. The Balaban J connectivity index is 1.80. The topological polar surface area (TPSA) is 69.7 Å². The van der Waals surface area contributed by atoms with E-state index in [2.05, 4.69) is 5.32 Å². The first kappa shape index (κ1) is 17.7. The van der Waals surface area contributed by atoms with Gasteiger partial charge in [0.1, 0.15) is 0 Å². The van der Waals surface area contributed by atoms with Crippen LogP contribution in [0, 0.1) is 6.92 Å². The summed E-state index contributed by atoms with van der Waals surface area (Å²) in [6.07, 6.45) is 1.59. The average molecular weight is 372 g/mol. The minimum Gasteiger partial charge on any atom is -0.336 e. The Kier molecular flexibility index (Phi) is 5.15. The van der Waals surface area contributed by atoms with Crippen molar-refractivity contribution in [2.24, 2.45) is 0 Å². The molecule has 1 unspecified atom stereocenters. The molecule has 1 aromatic carbocycles. The van der Waals surface area contributed by atoms with Crippen LogP contribution in [0.4, 0.5) is 0 Å². The van der Waals surface area contributed by atoms with Crippen molar-refractivity contribution in [1.82, 2.24) is 14.5 Å². The predicted octanol–water partition coefficient (Wildman–Crippen LogP) is 1.23. The van der Waals surface area contributed by atoms with Crippen molar-refractivity contribution >= 4 is 27.5 Å². The zero-order valence-corrected chi connectivity index (χ0v) is 15.2. The van der Waals surface area contributed by atoms with Gasteiger partial charge in [0.2, 0.25) is 15.9 Å². The van der Waals surface area contributed by atoms with E-state index in [-0.39, 0.29) is 16.8 Å². The smallest absolute Gasteiger partial charge is 0.243 e. The first-order valence-corrected chi connectivity index (χ1v) is 9.98. The van der Waals surface area contributed by atoms with Crippen LogP contribution >= 0.6 is 11.6 Å². The summed E-state index contributed by atoms with van der Waals surface area (Å²) in [7, 11) is -3.60. The molecule has 2 saturated heterocycles. The van der Waals surface area contributed by atoms with E-state index in [4.69, 9.17) is 11.6 Å². The molecule has 2 fully saturated rings. The Morgan fingerprint density at radius 1 is 1.29 bits per heavy atom. The SMILES string of the molecule is Cc1ccc(S(=O)(=O)N2CCCC(N3CCNCC3=O)C2)cc1Cl. The van der Waals surface area contributed by atoms with Gasteiger partial charge in [0.15, 0.2) is 0 Å². The molecule has 8 heteroatoms. The highest BCUT2D eigenvalue weighted by molar-refractivity contribution is 7.89. The van der Waals surface area contributed by atoms with Crippen molar-refractivity contribution in [1.29, 1.82) is 0 Å². The third kappa shape index (κ3) is 3.44. The van der Waals surface area contributed by atoms with Crippen LogP contribution in [0.1, 0.15) is 18.4 Å². The summed E-state index contributed by atoms with van der Waals surface area (Å²) in [6, 6.07) is 4.77. The average Bonchev–Trinajstić information content (AvgIpc) is 2.58. The lowest BCUT2D eigenvalue weighted by Crippen LogP contribution is -2.57. The number of nitrogens with one attached hydrogen (secondary N) is 1. The molecule has 0 aromatic heterocycles. The number of aryl methyl sites for hydroxylation is 1. The largest absolute Gasteiger partial charge is 0.336 e. The molecule has 1 aromatic rings. The predicted molar refractivity (Wildman–Crippen MR) is 92.6 cm³/mol. The van der Waals surface area contributed by atoms with Gasteiger partial charge >= 0.3 is 0 Å². The lowest BCUT2D eigenvalue weighted by Gasteiger charge is -2.40. The molecule has 24 heavy (non-hydrogen) atoms. The molecule has 3 rings (SSSR count). The number of hydrogen-bond acceptors (Lipinski definition) is 4. The van der Waals surface area contributed by atoms with Crippen molar-refractivity contribution in [3.63, 3.8) is 0 Å². The van der Waals surface area contributed by atoms with E-state index in [0.29, 0.717) is 31.2 Å². The van der Waals surface area contributed by atoms with Crippen LogP contribution < -0.4 is 5.32 Å². The number of piperazine rings is 1. The molecule has 1 N–H and O–H groups in total. The minimum atomic E-state index is -3.60. The van der Waals surface area contributed by atoms with Gasteiger partial charge in [-0.25, -0.2) is 8.42 Å². The number of piperidine rings is 1. The first-order chi connectivity index (χ1) is 11.4. The van der Waals surface area contributed by atoms with Crippen molar-refractivity contribution in [3.05, 3.63) is 28.8 Å². The van der Waals surface area contributed by atoms with Crippen molar-refractivity contribution < 1.29 is 13.2 Å². The Hall–Kier alpha value is -1.15. The highest BCUT2D eigenvalue weighted by atomic mass is 35.5. The summed E-state index contributed by atoms with van der Waals surface area (Å²) < 4.78 is 27.3. The van der Waals surface area contributed by atoms with E-state index in [1.165, 1.54) is 10.4 Å². The van der Waals surface area contributed by atoms with E-state index in [1.54, 1.807) is 12.1 Å². The standard InChI is InChI=1S/C16H22ClN3O3S/c1-12-4-5-14(9-15(12)17)24(22,23)19-7-2-3-13(11-19)20-8-6-18-10-16(20)21/h4-5,9,13,18H,2-3,6-8,10-11H2,1H3. The Labute approximate surface area is 147 Å². The maximum Gasteiger partial charge on any atom is 0.243 e. The van der Waals surface area contributed by atoms with Gasteiger partial charge in [-0.1, -0.05) is 17.7 Å². The normalized spacial score (nSPS) is 23.5. The van der Waals surface area contributed by atoms with Crippen LogP contribution in [0.15, 0.2) is 23.1 Å². The summed E-state index contributed by atoms with van der Waals surface area (Å²) in [6.45, 7) is 4.38. The van der Waals surface area contributed by atoms with Gasteiger partial charge in [0, 0.05) is 37.2 Å². The number of sulfonamides is 1. The molecule has 0 aliphatic carbocycles. The molecule has 1 atom stereocenters. The van der Waals surface area contributed by atoms with Gasteiger partial charge < -0.3 is 10.2 Å². The lowest BCUT2D eigenvalue weighted by atomic mass is 10.1. The molecule has 1 amide bonds. The second-order valence-corrected chi connectivity index (χ2v) is 8.68. The highest BCUT2D eigenvalue weighted by Gasteiger charge is 2.35. The van der Waals surface area contributed by atoms with Crippen LogP contribution in [-0.4, -0.2) is 62.3 Å². The van der Waals surface area contributed by atoms with Crippen LogP contribution in [0.25, 0.3) is 0 Å². The van der Waals surface area contributed by atoms with Crippen LogP contribution in [0.3, 0.4) is 0 Å². The number of benzene rings is 1. The van der Waals surface area contributed by atoms with E-state index < -0.39 is 10.0 Å². The summed E-state index contributed by atoms with van der Waals surface area (Å²) in [5, 5.41) is 3.49. The molecule has 132 valence electrons. The van der Waals surface area contributed by atoms with Crippen LogP contribution in [-0.2, 0) is 14.8 Å². The number of rotatable bonds is 3. The number of nitrogens with zero attached hydrogens (tertiary/aromatic N) is 2. The summed E-state index contributed by atoms with van der Waals surface area (Å²) in [4.78, 5) is 14.1. The van der Waals surface area contributed by atoms with Crippen molar-refractivity contribution in [2.75, 3.05) is 32.7 Å². The molecule has 2 heterocycles. The molecular formula is C16H22ClN3O3S. The molecular weight excluding hydrogens is 350 g/mol. The molecule has 0 bridgehead atoms. The lowest BCUT2D eigenvalue weighted by molar-refractivity contribution is -0.135. The van der Waals surface area contributed by atoms with Gasteiger partial charge in [0.05, 0.1) is 11.4 Å². The van der Waals surface area contributed by atoms with E-state index in [9.17, 15) is 13.2 Å². The fourth-order valence-electron chi connectivity index (χ4n) is 3.28. The van der Waals surface area contributed by atoms with E-state index >= 15 is 0 Å². The molecule has 2 aliphatic rings. The number of hydrogen-bond donors (Lipinski definition) is 1. The first-order valence-electron chi connectivity index (χ1n) is 8.16. The summed E-state index contributed by atoms with van der Waals surface area (Å²) in [5.41, 5.74) is 0.846. The quantitative estimate of drug-likeness (QED) is 0.867. The highest BCUT2D eigenvalue weighted by Crippen LogP contribution is 2.26. The zero-order chi connectivity index (χ0) is 17.3. The number of carbonyl (C=O) groups excluding carboxylic acids is 1. The van der Waals surface area contributed by atoms with Crippen LogP contribution in [0.5, 0.6) is 0 Å². The minimum absolute atomic E-state index is 0.0453. The fourth-order valence-corrected chi connectivity index (χ4v) is 5.07. The number of amides is 1. The third-order valence-corrected chi connectivity index (χ3v) is 6.98. The second-order valence-electron chi connectivity index (χ2n) is 6.33.